The number of rotatable bonds is 3. The molecule has 1 amide bonds. The Balaban J connectivity index is 1.76. The van der Waals surface area contributed by atoms with Crippen LogP contribution < -0.4 is 0 Å². The highest BCUT2D eigenvalue weighted by molar-refractivity contribution is 9.10. The van der Waals surface area contributed by atoms with E-state index in [0.29, 0.717) is 4.47 Å². The van der Waals surface area contributed by atoms with Crippen LogP contribution in [0.1, 0.15) is 10.4 Å². The topological polar surface area (TPSA) is 57.7 Å². The molecule has 0 unspecified atom stereocenters. The van der Waals surface area contributed by atoms with Crippen molar-refractivity contribution in [2.45, 2.75) is 4.90 Å². The first-order valence-corrected chi connectivity index (χ1v) is 10.9. The molecule has 27 heavy (non-hydrogen) atoms. The van der Waals surface area contributed by atoms with Crippen LogP contribution in [0.2, 0.25) is 10.0 Å². The summed E-state index contributed by atoms with van der Waals surface area (Å²) in [5, 5.41) is 0.0937. The third-order valence-electron chi connectivity index (χ3n) is 4.15. The lowest BCUT2D eigenvalue weighted by Gasteiger charge is -2.34. The van der Waals surface area contributed by atoms with Gasteiger partial charge < -0.3 is 4.90 Å². The average Bonchev–Trinajstić information content (AvgIpc) is 2.60. The van der Waals surface area contributed by atoms with Crippen molar-refractivity contribution in [3.05, 3.63) is 62.3 Å². The molecule has 0 radical (unpaired) electrons. The molecule has 1 heterocycles. The monoisotopic (exact) mass is 494 g/mol. The smallest absolute Gasteiger partial charge is 0.254 e. The Kier molecular flexibility index (Phi) is 6.12. The van der Waals surface area contributed by atoms with Gasteiger partial charge in [-0.1, -0.05) is 45.2 Å². The summed E-state index contributed by atoms with van der Waals surface area (Å²) in [6, 6.07) is 8.42. The van der Waals surface area contributed by atoms with Crippen molar-refractivity contribution >= 4 is 55.1 Å². The number of carbonyl (C=O) groups is 1. The van der Waals surface area contributed by atoms with Crippen LogP contribution in [-0.4, -0.2) is 49.7 Å². The van der Waals surface area contributed by atoms with Gasteiger partial charge in [-0.3, -0.25) is 4.79 Å². The van der Waals surface area contributed by atoms with Gasteiger partial charge >= 0.3 is 0 Å². The first-order valence-electron chi connectivity index (χ1n) is 7.89. The molecule has 1 fully saturated rings. The van der Waals surface area contributed by atoms with Gasteiger partial charge in [0.2, 0.25) is 10.0 Å². The Bertz CT molecular complexity index is 955. The standard InChI is InChI=1S/C17H14BrCl2FN2O3S/c18-12-8-11(9-13(21)10-12)17(24)22-4-6-23(7-5-22)27(25,26)16-14(19)2-1-3-15(16)20/h1-3,8-10H,4-7H2. The van der Waals surface area contributed by atoms with Crippen molar-refractivity contribution in [1.29, 1.82) is 0 Å². The number of sulfonamides is 1. The number of amides is 1. The van der Waals surface area contributed by atoms with E-state index in [-0.39, 0.29) is 52.6 Å². The van der Waals surface area contributed by atoms with Gasteiger partial charge in [0.25, 0.3) is 5.91 Å². The van der Waals surface area contributed by atoms with E-state index in [0.717, 1.165) is 6.07 Å². The molecular weight excluding hydrogens is 482 g/mol. The maximum Gasteiger partial charge on any atom is 0.254 e. The molecule has 1 saturated heterocycles. The minimum atomic E-state index is -3.89. The Hall–Kier alpha value is -1.19. The van der Waals surface area contributed by atoms with E-state index in [4.69, 9.17) is 23.2 Å². The van der Waals surface area contributed by atoms with Gasteiger partial charge in [0.1, 0.15) is 10.7 Å². The van der Waals surface area contributed by atoms with Crippen LogP contribution in [0.25, 0.3) is 0 Å². The number of hydrogen-bond acceptors (Lipinski definition) is 3. The third-order valence-corrected chi connectivity index (χ3v) is 7.46. The van der Waals surface area contributed by atoms with Crippen molar-refractivity contribution in [3.63, 3.8) is 0 Å². The number of benzene rings is 2. The fourth-order valence-electron chi connectivity index (χ4n) is 2.85. The predicted molar refractivity (Wildman–Crippen MR) is 105 cm³/mol. The number of carbonyl (C=O) groups excluding carboxylic acids is 1. The molecule has 2 aromatic carbocycles. The fourth-order valence-corrected chi connectivity index (χ4v) is 5.83. The van der Waals surface area contributed by atoms with Crippen molar-refractivity contribution in [2.24, 2.45) is 0 Å². The predicted octanol–water partition coefficient (Wildman–Crippen LogP) is 4.04. The highest BCUT2D eigenvalue weighted by Gasteiger charge is 2.33. The fraction of sp³-hybridized carbons (Fsp3) is 0.235. The second-order valence-electron chi connectivity index (χ2n) is 5.91. The van der Waals surface area contributed by atoms with Crippen LogP contribution in [0.3, 0.4) is 0 Å². The van der Waals surface area contributed by atoms with E-state index in [1.165, 1.54) is 33.5 Å². The third kappa shape index (κ3) is 4.30. The molecule has 2 aromatic rings. The van der Waals surface area contributed by atoms with Crippen LogP contribution in [0.5, 0.6) is 0 Å². The maximum atomic E-state index is 13.5. The summed E-state index contributed by atoms with van der Waals surface area (Å²) >= 11 is 15.2. The van der Waals surface area contributed by atoms with Crippen molar-refractivity contribution in [1.82, 2.24) is 9.21 Å². The normalized spacial score (nSPS) is 15.8. The second-order valence-corrected chi connectivity index (χ2v) is 9.51. The molecule has 10 heteroatoms. The molecule has 0 saturated carbocycles. The van der Waals surface area contributed by atoms with Crippen LogP contribution in [0, 0.1) is 5.82 Å². The van der Waals surface area contributed by atoms with Gasteiger partial charge in [-0.25, -0.2) is 12.8 Å². The molecule has 0 aromatic heterocycles. The van der Waals surface area contributed by atoms with Gasteiger partial charge in [0.05, 0.1) is 10.0 Å². The molecule has 0 atom stereocenters. The van der Waals surface area contributed by atoms with Gasteiger partial charge in [0, 0.05) is 36.2 Å². The van der Waals surface area contributed by atoms with Crippen LogP contribution >= 0.6 is 39.1 Å². The highest BCUT2D eigenvalue weighted by Crippen LogP contribution is 2.32. The van der Waals surface area contributed by atoms with Gasteiger partial charge in [-0.2, -0.15) is 4.31 Å². The van der Waals surface area contributed by atoms with Crippen LogP contribution in [-0.2, 0) is 10.0 Å². The molecule has 1 aliphatic heterocycles. The average molecular weight is 496 g/mol. The number of nitrogens with zero attached hydrogens (tertiary/aromatic N) is 2. The molecular formula is C17H14BrCl2FN2O3S. The van der Waals surface area contributed by atoms with Gasteiger partial charge in [-0.05, 0) is 30.3 Å². The molecule has 3 rings (SSSR count). The Morgan fingerprint density at radius 1 is 1.04 bits per heavy atom. The Morgan fingerprint density at radius 3 is 2.19 bits per heavy atom. The van der Waals surface area contributed by atoms with E-state index < -0.39 is 15.8 Å². The van der Waals surface area contributed by atoms with E-state index in [1.54, 1.807) is 6.07 Å². The first kappa shape index (κ1) is 20.5. The second kappa shape index (κ2) is 8.05. The lowest BCUT2D eigenvalue weighted by molar-refractivity contribution is 0.0697. The number of halogens is 4. The lowest BCUT2D eigenvalue weighted by Crippen LogP contribution is -2.50. The van der Waals surface area contributed by atoms with Gasteiger partial charge in [0.15, 0.2) is 0 Å². The first-order chi connectivity index (χ1) is 12.7. The van der Waals surface area contributed by atoms with E-state index >= 15 is 0 Å². The summed E-state index contributed by atoms with van der Waals surface area (Å²) in [6.07, 6.45) is 0. The SMILES string of the molecule is O=C(c1cc(F)cc(Br)c1)N1CCN(S(=O)(=O)c2c(Cl)cccc2Cl)CC1. The maximum absolute atomic E-state index is 13.5. The summed E-state index contributed by atoms with van der Waals surface area (Å²) in [6.45, 7) is 0.529. The zero-order valence-electron chi connectivity index (χ0n) is 13.8. The quantitative estimate of drug-likeness (QED) is 0.645. The zero-order valence-corrected chi connectivity index (χ0v) is 17.7. The van der Waals surface area contributed by atoms with E-state index in [1.807, 2.05) is 0 Å². The molecule has 0 aliphatic carbocycles. The summed E-state index contributed by atoms with van der Waals surface area (Å²) in [7, 11) is -3.89. The summed E-state index contributed by atoms with van der Waals surface area (Å²) in [5.74, 6) is -0.884. The molecule has 0 spiro atoms. The molecule has 0 bridgehead atoms. The molecule has 1 aliphatic rings. The van der Waals surface area contributed by atoms with Crippen molar-refractivity contribution < 1.29 is 17.6 Å². The zero-order chi connectivity index (χ0) is 19.8. The minimum Gasteiger partial charge on any atom is -0.336 e. The minimum absolute atomic E-state index is 0.0469. The van der Waals surface area contributed by atoms with E-state index in [9.17, 15) is 17.6 Å². The Labute approximate surface area is 174 Å². The number of hydrogen-bond donors (Lipinski definition) is 0. The van der Waals surface area contributed by atoms with Crippen molar-refractivity contribution in [2.75, 3.05) is 26.2 Å². The summed E-state index contributed by atoms with van der Waals surface area (Å²) < 4.78 is 40.9. The van der Waals surface area contributed by atoms with E-state index in [2.05, 4.69) is 15.9 Å². The molecule has 144 valence electrons. The highest BCUT2D eigenvalue weighted by atomic mass is 79.9. The molecule has 0 N–H and O–H groups in total. The summed E-state index contributed by atoms with van der Waals surface area (Å²) in [5.41, 5.74) is 0.201. The molecule has 5 nitrogen and oxygen atoms in total. The Morgan fingerprint density at radius 2 is 1.63 bits per heavy atom. The van der Waals surface area contributed by atoms with Gasteiger partial charge in [-0.15, -0.1) is 0 Å². The lowest BCUT2D eigenvalue weighted by atomic mass is 10.2. The van der Waals surface area contributed by atoms with Crippen molar-refractivity contribution in [3.8, 4) is 0 Å². The number of piperazine rings is 1. The largest absolute Gasteiger partial charge is 0.336 e. The van der Waals surface area contributed by atoms with Crippen LogP contribution in [0.4, 0.5) is 4.39 Å². The summed E-state index contributed by atoms with van der Waals surface area (Å²) in [4.78, 5) is 13.9. The van der Waals surface area contributed by atoms with Crippen LogP contribution in [0.15, 0.2) is 45.8 Å².